The molecule has 1 amide bonds. The second-order valence-corrected chi connectivity index (χ2v) is 4.83. The van der Waals surface area contributed by atoms with Crippen LogP contribution < -0.4 is 10.2 Å². The molecule has 0 aliphatic heterocycles. The Kier molecular flexibility index (Phi) is 5.74. The van der Waals surface area contributed by atoms with Crippen LogP contribution >= 0.6 is 0 Å². The Morgan fingerprint density at radius 2 is 1.83 bits per heavy atom. The molecule has 0 unspecified atom stereocenters. The third-order valence-electron chi connectivity index (χ3n) is 3.27. The number of carbonyl (C=O) groups excluding carboxylic acids is 1. The average Bonchev–Trinajstić information content (AvgIpc) is 2.57. The van der Waals surface area contributed by atoms with Crippen LogP contribution in [0.25, 0.3) is 0 Å². The van der Waals surface area contributed by atoms with Gasteiger partial charge in [0.15, 0.2) is 0 Å². The van der Waals surface area contributed by atoms with Crippen LogP contribution in [-0.2, 0) is 0 Å². The van der Waals surface area contributed by atoms with Crippen LogP contribution in [-0.4, -0.2) is 23.3 Å². The Hall–Kier alpha value is -2.82. The van der Waals surface area contributed by atoms with Crippen molar-refractivity contribution in [2.45, 2.75) is 20.3 Å². The zero-order chi connectivity index (χ0) is 16.7. The summed E-state index contributed by atoms with van der Waals surface area (Å²) in [6.07, 6.45) is 0.584. The summed E-state index contributed by atoms with van der Waals surface area (Å²) in [5, 5.41) is 14.0. The van der Waals surface area contributed by atoms with E-state index in [9.17, 15) is 9.90 Å². The smallest absolute Gasteiger partial charge is 0.271 e. The number of hydrogen-bond donors (Lipinski definition) is 2. The van der Waals surface area contributed by atoms with E-state index >= 15 is 0 Å². The summed E-state index contributed by atoms with van der Waals surface area (Å²) in [5.74, 6) is 0.550. The Balaban J connectivity index is 2.11. The summed E-state index contributed by atoms with van der Waals surface area (Å²) in [6, 6.07) is 13.8. The van der Waals surface area contributed by atoms with E-state index in [-0.39, 0.29) is 11.7 Å². The molecule has 0 fully saturated rings. The maximum absolute atomic E-state index is 12.1. The molecule has 23 heavy (non-hydrogen) atoms. The maximum Gasteiger partial charge on any atom is 0.271 e. The van der Waals surface area contributed by atoms with Crippen molar-refractivity contribution in [3.8, 4) is 11.5 Å². The summed E-state index contributed by atoms with van der Waals surface area (Å²) in [7, 11) is 0. The lowest BCUT2D eigenvalue weighted by molar-refractivity contribution is 0.0954. The van der Waals surface area contributed by atoms with Crippen LogP contribution in [0.5, 0.6) is 11.5 Å². The molecule has 0 aliphatic rings. The van der Waals surface area contributed by atoms with E-state index in [0.717, 1.165) is 5.75 Å². The Bertz CT molecular complexity index is 694. The fraction of sp³-hybridized carbons (Fsp3) is 0.222. The number of amides is 1. The molecule has 0 aromatic heterocycles. The molecule has 120 valence electrons. The molecule has 2 aromatic rings. The van der Waals surface area contributed by atoms with E-state index in [0.29, 0.717) is 29.9 Å². The summed E-state index contributed by atoms with van der Waals surface area (Å²) in [5.41, 5.74) is 4.24. The molecule has 0 spiro atoms. The second-order valence-electron chi connectivity index (χ2n) is 4.83. The molecule has 0 saturated carbocycles. The van der Waals surface area contributed by atoms with Gasteiger partial charge in [0, 0.05) is 11.1 Å². The van der Waals surface area contributed by atoms with Crippen LogP contribution in [0.1, 0.15) is 36.2 Å². The van der Waals surface area contributed by atoms with E-state index in [4.69, 9.17) is 4.74 Å². The van der Waals surface area contributed by atoms with Crippen molar-refractivity contribution in [1.29, 1.82) is 0 Å². The number of nitrogens with zero attached hydrogens (tertiary/aromatic N) is 1. The maximum atomic E-state index is 12.1. The predicted molar refractivity (Wildman–Crippen MR) is 90.0 cm³/mol. The molecule has 0 saturated heterocycles. The van der Waals surface area contributed by atoms with Gasteiger partial charge >= 0.3 is 0 Å². The molecule has 5 nitrogen and oxygen atoms in total. The van der Waals surface area contributed by atoms with Crippen LogP contribution in [0.2, 0.25) is 0 Å². The third kappa shape index (κ3) is 4.32. The molecule has 2 rings (SSSR count). The van der Waals surface area contributed by atoms with E-state index in [2.05, 4.69) is 10.5 Å². The van der Waals surface area contributed by atoms with Gasteiger partial charge in [-0.15, -0.1) is 0 Å². The molecule has 0 heterocycles. The first-order valence-electron chi connectivity index (χ1n) is 7.53. The minimum atomic E-state index is -0.311. The fourth-order valence-electron chi connectivity index (χ4n) is 2.10. The minimum Gasteiger partial charge on any atom is -0.507 e. The number of aromatic hydroxyl groups is 1. The quantitative estimate of drug-likeness (QED) is 0.635. The monoisotopic (exact) mass is 312 g/mol. The van der Waals surface area contributed by atoms with E-state index in [1.54, 1.807) is 42.5 Å². The number of hydrazone groups is 1. The number of phenolic OH excluding ortho intramolecular Hbond substituents is 1. The lowest BCUT2D eigenvalue weighted by atomic mass is 10.1. The molecule has 2 N–H and O–H groups in total. The topological polar surface area (TPSA) is 70.9 Å². The Morgan fingerprint density at radius 3 is 2.43 bits per heavy atom. The first kappa shape index (κ1) is 16.5. The SMILES string of the molecule is CCOc1ccc(C(=O)N/N=C(/CC)c2ccccc2O)cc1. The summed E-state index contributed by atoms with van der Waals surface area (Å²) in [4.78, 5) is 12.1. The molecule has 0 bridgehead atoms. The van der Waals surface area contributed by atoms with Crippen molar-refractivity contribution in [3.05, 3.63) is 59.7 Å². The molecular formula is C18H20N2O3. The number of ether oxygens (including phenoxy) is 1. The number of benzene rings is 2. The van der Waals surface area contributed by atoms with Crippen molar-refractivity contribution < 1.29 is 14.6 Å². The van der Waals surface area contributed by atoms with Crippen molar-refractivity contribution in [2.75, 3.05) is 6.61 Å². The number of carbonyl (C=O) groups is 1. The van der Waals surface area contributed by atoms with Crippen LogP contribution in [0, 0.1) is 0 Å². The zero-order valence-electron chi connectivity index (χ0n) is 13.2. The van der Waals surface area contributed by atoms with Crippen LogP contribution in [0.4, 0.5) is 0 Å². The van der Waals surface area contributed by atoms with E-state index in [1.165, 1.54) is 0 Å². The van der Waals surface area contributed by atoms with E-state index in [1.807, 2.05) is 19.9 Å². The van der Waals surface area contributed by atoms with Crippen LogP contribution in [0.3, 0.4) is 0 Å². The Morgan fingerprint density at radius 1 is 1.13 bits per heavy atom. The number of para-hydroxylation sites is 1. The summed E-state index contributed by atoms with van der Waals surface area (Å²) < 4.78 is 5.34. The van der Waals surface area contributed by atoms with Crippen molar-refractivity contribution >= 4 is 11.6 Å². The van der Waals surface area contributed by atoms with Crippen molar-refractivity contribution in [1.82, 2.24) is 5.43 Å². The standard InChI is InChI=1S/C18H20N2O3/c1-3-16(15-7-5-6-8-17(15)21)19-20-18(22)13-9-11-14(12-10-13)23-4-2/h5-12,21H,3-4H2,1-2H3,(H,20,22)/b19-16-. The predicted octanol–water partition coefficient (Wildman–Crippen LogP) is 3.34. The van der Waals surface area contributed by atoms with Gasteiger partial charge in [0.2, 0.25) is 0 Å². The van der Waals surface area contributed by atoms with Gasteiger partial charge in [-0.3, -0.25) is 4.79 Å². The normalized spacial score (nSPS) is 11.1. The second kappa shape index (κ2) is 7.98. The van der Waals surface area contributed by atoms with Gasteiger partial charge in [0.1, 0.15) is 11.5 Å². The Labute approximate surface area is 135 Å². The summed E-state index contributed by atoms with van der Waals surface area (Å²) in [6.45, 7) is 4.39. The van der Waals surface area contributed by atoms with Crippen LogP contribution in [0.15, 0.2) is 53.6 Å². The molecule has 0 aliphatic carbocycles. The van der Waals surface area contributed by atoms with Crippen molar-refractivity contribution in [2.24, 2.45) is 5.10 Å². The number of nitrogens with one attached hydrogen (secondary N) is 1. The molecule has 5 heteroatoms. The molecular weight excluding hydrogens is 292 g/mol. The lowest BCUT2D eigenvalue weighted by Gasteiger charge is -2.07. The largest absolute Gasteiger partial charge is 0.507 e. The highest BCUT2D eigenvalue weighted by Gasteiger charge is 2.09. The minimum absolute atomic E-state index is 0.142. The van der Waals surface area contributed by atoms with Gasteiger partial charge in [-0.25, -0.2) is 5.43 Å². The highest BCUT2D eigenvalue weighted by atomic mass is 16.5. The fourth-order valence-corrected chi connectivity index (χ4v) is 2.10. The molecule has 2 aromatic carbocycles. The first-order valence-corrected chi connectivity index (χ1v) is 7.53. The van der Waals surface area contributed by atoms with Gasteiger partial charge < -0.3 is 9.84 Å². The molecule has 0 atom stereocenters. The highest BCUT2D eigenvalue weighted by molar-refractivity contribution is 6.03. The zero-order valence-corrected chi connectivity index (χ0v) is 13.2. The first-order chi connectivity index (χ1) is 11.2. The lowest BCUT2D eigenvalue weighted by Crippen LogP contribution is -2.20. The van der Waals surface area contributed by atoms with Gasteiger partial charge in [-0.05, 0) is 49.7 Å². The van der Waals surface area contributed by atoms with Gasteiger partial charge in [-0.1, -0.05) is 19.1 Å². The van der Waals surface area contributed by atoms with Gasteiger partial charge in [-0.2, -0.15) is 5.10 Å². The summed E-state index contributed by atoms with van der Waals surface area (Å²) >= 11 is 0. The molecule has 0 radical (unpaired) electrons. The average molecular weight is 312 g/mol. The van der Waals surface area contributed by atoms with E-state index < -0.39 is 0 Å². The van der Waals surface area contributed by atoms with Gasteiger partial charge in [0.05, 0.1) is 12.3 Å². The number of rotatable bonds is 6. The highest BCUT2D eigenvalue weighted by Crippen LogP contribution is 2.18. The number of phenols is 1. The van der Waals surface area contributed by atoms with Gasteiger partial charge in [0.25, 0.3) is 5.91 Å². The van der Waals surface area contributed by atoms with Crippen molar-refractivity contribution in [3.63, 3.8) is 0 Å². The third-order valence-corrected chi connectivity index (χ3v) is 3.27. The number of hydrogen-bond acceptors (Lipinski definition) is 4.